The van der Waals surface area contributed by atoms with Crippen molar-refractivity contribution in [1.82, 2.24) is 20.0 Å². The average Bonchev–Trinajstić information content (AvgIpc) is 3.31. The third-order valence-corrected chi connectivity index (χ3v) is 6.59. The number of hydrogen-bond acceptors (Lipinski definition) is 6. The minimum atomic E-state index is -0.350. The molecule has 3 heterocycles. The van der Waals surface area contributed by atoms with Crippen LogP contribution in [0, 0.1) is 0 Å². The van der Waals surface area contributed by atoms with E-state index in [2.05, 4.69) is 15.3 Å². The fraction of sp³-hybridized carbons (Fsp3) is 0.269. The van der Waals surface area contributed by atoms with E-state index in [4.69, 9.17) is 16.0 Å². The predicted octanol–water partition coefficient (Wildman–Crippen LogP) is 3.63. The third kappa shape index (κ3) is 4.94. The van der Waals surface area contributed by atoms with E-state index in [1.165, 1.54) is 4.68 Å². The number of halogens is 1. The van der Waals surface area contributed by atoms with Crippen molar-refractivity contribution in [3.8, 4) is 5.69 Å². The van der Waals surface area contributed by atoms with Crippen molar-refractivity contribution in [3.63, 3.8) is 0 Å². The number of nitrogens with zero attached hydrogens (tertiary/aromatic N) is 4. The lowest BCUT2D eigenvalue weighted by Crippen LogP contribution is -2.50. The molecule has 8 nitrogen and oxygen atoms in total. The quantitative estimate of drug-likeness (QED) is 0.443. The van der Waals surface area contributed by atoms with E-state index in [-0.39, 0.29) is 22.5 Å². The van der Waals surface area contributed by atoms with Gasteiger partial charge in [0.1, 0.15) is 16.4 Å². The van der Waals surface area contributed by atoms with Crippen molar-refractivity contribution in [2.45, 2.75) is 13.0 Å². The molecule has 0 spiro atoms. The maximum absolute atomic E-state index is 12.8. The molecule has 5 rings (SSSR count). The number of nitrogens with one attached hydrogen (secondary N) is 1. The second-order valence-corrected chi connectivity index (χ2v) is 9.01. The summed E-state index contributed by atoms with van der Waals surface area (Å²) >= 11 is 6.45. The van der Waals surface area contributed by atoms with Crippen LogP contribution >= 0.6 is 11.6 Å². The van der Waals surface area contributed by atoms with Crippen LogP contribution in [-0.4, -0.2) is 53.3 Å². The minimum absolute atomic E-state index is 0.0587. The summed E-state index contributed by atoms with van der Waals surface area (Å²) in [6, 6.07) is 18.7. The van der Waals surface area contributed by atoms with Gasteiger partial charge in [-0.2, -0.15) is 9.78 Å². The van der Waals surface area contributed by atoms with E-state index in [0.717, 1.165) is 16.7 Å². The number of aromatic nitrogens is 2. The van der Waals surface area contributed by atoms with Crippen LogP contribution in [-0.2, 0) is 4.79 Å². The summed E-state index contributed by atoms with van der Waals surface area (Å²) in [6.07, 6.45) is 1.63. The van der Waals surface area contributed by atoms with Crippen molar-refractivity contribution >= 4 is 34.2 Å². The van der Waals surface area contributed by atoms with Crippen LogP contribution in [0.3, 0.4) is 0 Å². The SMILES string of the molecule is C[C@@H](NC(=O)CN1CCN(c2cnn(-c3ccccc3)c(=O)c2Cl)CC1)c1cc2ccccc2o1. The Morgan fingerprint density at radius 3 is 2.54 bits per heavy atom. The van der Waals surface area contributed by atoms with Gasteiger partial charge in [0.15, 0.2) is 0 Å². The molecule has 180 valence electrons. The highest BCUT2D eigenvalue weighted by Crippen LogP contribution is 2.24. The van der Waals surface area contributed by atoms with Gasteiger partial charge in [0.25, 0.3) is 5.56 Å². The monoisotopic (exact) mass is 491 g/mol. The van der Waals surface area contributed by atoms with Gasteiger partial charge in [0.05, 0.1) is 30.2 Å². The van der Waals surface area contributed by atoms with Gasteiger partial charge in [-0.05, 0) is 31.2 Å². The summed E-state index contributed by atoms with van der Waals surface area (Å²) in [6.45, 7) is 4.83. The molecule has 1 N–H and O–H groups in total. The first-order valence-electron chi connectivity index (χ1n) is 11.6. The molecule has 4 aromatic rings. The molecule has 1 amide bonds. The molecule has 35 heavy (non-hydrogen) atoms. The molecule has 1 aliphatic rings. The molecule has 0 bridgehead atoms. The number of carbonyl (C=O) groups is 1. The highest BCUT2D eigenvalue weighted by atomic mass is 35.5. The standard InChI is InChI=1S/C26H26ClN5O3/c1-18(23-15-19-7-5-6-10-22(19)35-23)29-24(33)17-30-11-13-31(14-12-30)21-16-28-32(26(34)25(21)27)20-8-3-2-4-9-20/h2-10,15-16,18H,11-14,17H2,1H3,(H,29,33)/t18-/m1/s1. The van der Waals surface area contributed by atoms with Crippen molar-refractivity contribution in [3.05, 3.63) is 88.0 Å². The Balaban J connectivity index is 1.17. The van der Waals surface area contributed by atoms with Crippen LogP contribution in [0.25, 0.3) is 16.7 Å². The first-order valence-corrected chi connectivity index (χ1v) is 12.0. The van der Waals surface area contributed by atoms with Crippen molar-refractivity contribution in [2.24, 2.45) is 0 Å². The van der Waals surface area contributed by atoms with E-state index in [9.17, 15) is 9.59 Å². The van der Waals surface area contributed by atoms with Gasteiger partial charge in [0.2, 0.25) is 5.91 Å². The molecule has 1 atom stereocenters. The van der Waals surface area contributed by atoms with Crippen molar-refractivity contribution < 1.29 is 9.21 Å². The second-order valence-electron chi connectivity index (χ2n) is 8.64. The fourth-order valence-electron chi connectivity index (χ4n) is 4.32. The number of fused-ring (bicyclic) bond motifs is 1. The Bertz CT molecular complexity index is 1360. The van der Waals surface area contributed by atoms with Crippen LogP contribution in [0.1, 0.15) is 18.7 Å². The Labute approximate surface area is 207 Å². The van der Waals surface area contributed by atoms with Gasteiger partial charge >= 0.3 is 0 Å². The number of amides is 1. The normalized spacial score (nSPS) is 15.3. The zero-order valence-electron chi connectivity index (χ0n) is 19.4. The highest BCUT2D eigenvalue weighted by molar-refractivity contribution is 6.33. The molecule has 0 unspecified atom stereocenters. The number of benzene rings is 2. The van der Waals surface area contributed by atoms with Gasteiger partial charge in [-0.3, -0.25) is 14.5 Å². The minimum Gasteiger partial charge on any atom is -0.459 e. The topological polar surface area (TPSA) is 83.6 Å². The summed E-state index contributed by atoms with van der Waals surface area (Å²) in [5, 5.41) is 8.51. The largest absolute Gasteiger partial charge is 0.459 e. The van der Waals surface area contributed by atoms with E-state index >= 15 is 0 Å². The maximum atomic E-state index is 12.8. The summed E-state index contributed by atoms with van der Waals surface area (Å²) < 4.78 is 7.16. The molecule has 0 radical (unpaired) electrons. The fourth-order valence-corrected chi connectivity index (χ4v) is 4.57. The molecule has 9 heteroatoms. The van der Waals surface area contributed by atoms with Gasteiger partial charge in [-0.15, -0.1) is 0 Å². The molecule has 1 aliphatic heterocycles. The van der Waals surface area contributed by atoms with E-state index < -0.39 is 0 Å². The lowest BCUT2D eigenvalue weighted by molar-refractivity contribution is -0.123. The highest BCUT2D eigenvalue weighted by Gasteiger charge is 2.23. The first kappa shape index (κ1) is 23.1. The smallest absolute Gasteiger partial charge is 0.292 e. The molecular weight excluding hydrogens is 466 g/mol. The zero-order chi connectivity index (χ0) is 24.4. The van der Waals surface area contributed by atoms with E-state index in [1.54, 1.807) is 6.20 Å². The van der Waals surface area contributed by atoms with Crippen molar-refractivity contribution in [1.29, 1.82) is 0 Å². The molecule has 2 aromatic heterocycles. The Morgan fingerprint density at radius 2 is 1.80 bits per heavy atom. The molecule has 0 aliphatic carbocycles. The van der Waals surface area contributed by atoms with Gasteiger partial charge in [0, 0.05) is 31.6 Å². The number of anilines is 1. The molecule has 2 aromatic carbocycles. The predicted molar refractivity (Wildman–Crippen MR) is 136 cm³/mol. The van der Waals surface area contributed by atoms with Crippen LogP contribution in [0.4, 0.5) is 5.69 Å². The Hall–Kier alpha value is -3.62. The van der Waals surface area contributed by atoms with Crippen molar-refractivity contribution in [2.75, 3.05) is 37.6 Å². The van der Waals surface area contributed by atoms with Gasteiger partial charge in [-0.25, -0.2) is 0 Å². The number of rotatable bonds is 6. The Kier molecular flexibility index (Phi) is 6.57. The maximum Gasteiger partial charge on any atom is 0.292 e. The summed E-state index contributed by atoms with van der Waals surface area (Å²) in [4.78, 5) is 29.6. The van der Waals surface area contributed by atoms with Crippen LogP contribution < -0.4 is 15.8 Å². The Morgan fingerprint density at radius 1 is 1.09 bits per heavy atom. The summed E-state index contributed by atoms with van der Waals surface area (Å²) in [7, 11) is 0. The van der Waals surface area contributed by atoms with Crippen LogP contribution in [0.2, 0.25) is 5.02 Å². The average molecular weight is 492 g/mol. The van der Waals surface area contributed by atoms with Crippen LogP contribution in [0.15, 0.2) is 76.1 Å². The number of carbonyl (C=O) groups excluding carboxylic acids is 1. The molecule has 1 fully saturated rings. The molecule has 1 saturated heterocycles. The number of para-hydroxylation sites is 2. The number of furan rings is 1. The molecule has 0 saturated carbocycles. The molecular formula is C26H26ClN5O3. The van der Waals surface area contributed by atoms with E-state index in [1.807, 2.05) is 72.5 Å². The van der Waals surface area contributed by atoms with E-state index in [0.29, 0.717) is 44.1 Å². The number of hydrogen-bond donors (Lipinski definition) is 1. The lowest BCUT2D eigenvalue weighted by atomic mass is 10.2. The summed E-state index contributed by atoms with van der Waals surface area (Å²) in [5.41, 5.74) is 1.74. The first-order chi connectivity index (χ1) is 17.0. The zero-order valence-corrected chi connectivity index (χ0v) is 20.1. The third-order valence-electron chi connectivity index (χ3n) is 6.23. The second kappa shape index (κ2) is 9.93. The lowest BCUT2D eigenvalue weighted by Gasteiger charge is -2.35. The van der Waals surface area contributed by atoms with Gasteiger partial charge < -0.3 is 14.6 Å². The van der Waals surface area contributed by atoms with Gasteiger partial charge in [-0.1, -0.05) is 48.0 Å². The number of piperazine rings is 1. The van der Waals surface area contributed by atoms with Crippen LogP contribution in [0.5, 0.6) is 0 Å². The summed E-state index contributed by atoms with van der Waals surface area (Å²) in [5.74, 6) is 0.674.